The van der Waals surface area contributed by atoms with Gasteiger partial charge in [-0.3, -0.25) is 4.79 Å². The molecule has 2 saturated heterocycles. The Morgan fingerprint density at radius 1 is 0.952 bits per heavy atom. The van der Waals surface area contributed by atoms with Crippen molar-refractivity contribution in [3.63, 3.8) is 0 Å². The van der Waals surface area contributed by atoms with Crippen molar-refractivity contribution >= 4 is 18.5 Å². The van der Waals surface area contributed by atoms with Crippen molar-refractivity contribution in [2.45, 2.75) is 43.0 Å². The summed E-state index contributed by atoms with van der Waals surface area (Å²) in [6, 6.07) is 8.21. The minimum absolute atomic E-state index is 0.167. The Morgan fingerprint density at radius 2 is 1.57 bits per heavy atom. The van der Waals surface area contributed by atoms with Crippen molar-refractivity contribution in [2.75, 3.05) is 26.2 Å². The third-order valence-corrected chi connectivity index (χ3v) is 5.07. The van der Waals surface area contributed by atoms with E-state index in [1.165, 1.54) is 32.4 Å². The number of rotatable bonds is 2. The minimum atomic E-state index is 0.167. The number of hydrogen-bond donors (Lipinski definition) is 1. The predicted octanol–water partition coefficient (Wildman–Crippen LogP) is 3.07. The van der Waals surface area contributed by atoms with E-state index in [0.717, 1.165) is 36.4 Å². The SMILES string of the molecule is O=C(c1ccc(S)cc1)N1CCC(N2CCCCC2)CC1. The Morgan fingerprint density at radius 3 is 2.19 bits per heavy atom. The average Bonchev–Trinajstić information content (AvgIpc) is 2.56. The van der Waals surface area contributed by atoms with Crippen molar-refractivity contribution in [3.8, 4) is 0 Å². The summed E-state index contributed by atoms with van der Waals surface area (Å²) in [5.74, 6) is 0.167. The fraction of sp³-hybridized carbons (Fsp3) is 0.588. The van der Waals surface area contributed by atoms with E-state index in [1.807, 2.05) is 29.2 Å². The van der Waals surface area contributed by atoms with Gasteiger partial charge in [-0.05, 0) is 63.0 Å². The molecule has 0 aromatic heterocycles. The number of thiol groups is 1. The highest BCUT2D eigenvalue weighted by Gasteiger charge is 2.27. The van der Waals surface area contributed by atoms with Gasteiger partial charge in [0.1, 0.15) is 0 Å². The van der Waals surface area contributed by atoms with Crippen molar-refractivity contribution in [1.29, 1.82) is 0 Å². The van der Waals surface area contributed by atoms with Crippen molar-refractivity contribution in [2.24, 2.45) is 0 Å². The molecule has 0 saturated carbocycles. The molecule has 0 radical (unpaired) electrons. The van der Waals surface area contributed by atoms with Crippen LogP contribution in [-0.4, -0.2) is 47.9 Å². The van der Waals surface area contributed by atoms with Gasteiger partial charge >= 0.3 is 0 Å². The second-order valence-electron chi connectivity index (χ2n) is 6.17. The second-order valence-corrected chi connectivity index (χ2v) is 6.68. The van der Waals surface area contributed by atoms with Crippen LogP contribution in [0.3, 0.4) is 0 Å². The molecule has 3 nitrogen and oxygen atoms in total. The smallest absolute Gasteiger partial charge is 0.253 e. The summed E-state index contributed by atoms with van der Waals surface area (Å²) in [4.78, 5) is 18.0. The number of carbonyl (C=O) groups is 1. The van der Waals surface area contributed by atoms with Gasteiger partial charge in [-0.25, -0.2) is 0 Å². The highest BCUT2D eigenvalue weighted by molar-refractivity contribution is 7.80. The first kappa shape index (κ1) is 14.9. The van der Waals surface area contributed by atoms with Crippen LogP contribution in [0.25, 0.3) is 0 Å². The fourth-order valence-electron chi connectivity index (χ4n) is 3.50. The number of likely N-dealkylation sites (tertiary alicyclic amines) is 2. The topological polar surface area (TPSA) is 23.6 Å². The van der Waals surface area contributed by atoms with Crippen LogP contribution in [0.2, 0.25) is 0 Å². The van der Waals surface area contributed by atoms with Crippen LogP contribution in [0, 0.1) is 0 Å². The van der Waals surface area contributed by atoms with Gasteiger partial charge in [0.05, 0.1) is 0 Å². The van der Waals surface area contributed by atoms with Crippen LogP contribution in [0.1, 0.15) is 42.5 Å². The molecular weight excluding hydrogens is 280 g/mol. The van der Waals surface area contributed by atoms with E-state index in [4.69, 9.17) is 0 Å². The Labute approximate surface area is 132 Å². The standard InChI is InChI=1S/C17H24N2OS/c20-17(14-4-6-16(21)7-5-14)19-12-8-15(9-13-19)18-10-2-1-3-11-18/h4-7,15,21H,1-3,8-13H2. The summed E-state index contributed by atoms with van der Waals surface area (Å²) in [6.07, 6.45) is 6.31. The number of amides is 1. The molecule has 2 heterocycles. The normalized spacial score (nSPS) is 21.5. The van der Waals surface area contributed by atoms with Gasteiger partial charge in [-0.1, -0.05) is 6.42 Å². The Bertz CT molecular complexity index is 474. The highest BCUT2D eigenvalue weighted by atomic mass is 32.1. The maximum Gasteiger partial charge on any atom is 0.253 e. The summed E-state index contributed by atoms with van der Waals surface area (Å²) < 4.78 is 0. The third-order valence-electron chi connectivity index (χ3n) is 4.77. The van der Waals surface area contributed by atoms with Gasteiger partial charge in [0.25, 0.3) is 5.91 Å². The molecule has 0 atom stereocenters. The number of piperidine rings is 2. The van der Waals surface area contributed by atoms with Crippen LogP contribution >= 0.6 is 12.6 Å². The number of carbonyl (C=O) groups excluding carboxylic acids is 1. The molecule has 2 aliphatic heterocycles. The molecular formula is C17H24N2OS. The summed E-state index contributed by atoms with van der Waals surface area (Å²) >= 11 is 4.27. The zero-order valence-corrected chi connectivity index (χ0v) is 13.4. The zero-order valence-electron chi connectivity index (χ0n) is 12.5. The molecule has 114 valence electrons. The third kappa shape index (κ3) is 3.61. The molecule has 0 aliphatic carbocycles. The largest absolute Gasteiger partial charge is 0.339 e. The van der Waals surface area contributed by atoms with Crippen molar-refractivity contribution in [1.82, 2.24) is 9.80 Å². The van der Waals surface area contributed by atoms with E-state index in [0.29, 0.717) is 6.04 Å². The number of nitrogens with zero attached hydrogens (tertiary/aromatic N) is 2. The van der Waals surface area contributed by atoms with Gasteiger partial charge in [-0.2, -0.15) is 0 Å². The monoisotopic (exact) mass is 304 g/mol. The minimum Gasteiger partial charge on any atom is -0.339 e. The van der Waals surface area contributed by atoms with Gasteiger partial charge in [0, 0.05) is 29.6 Å². The first-order valence-electron chi connectivity index (χ1n) is 8.06. The molecule has 1 aromatic carbocycles. The lowest BCUT2D eigenvalue weighted by Gasteiger charge is -2.40. The molecule has 1 amide bonds. The van der Waals surface area contributed by atoms with Gasteiger partial charge < -0.3 is 9.80 Å². The maximum atomic E-state index is 12.5. The first-order chi connectivity index (χ1) is 10.2. The molecule has 0 bridgehead atoms. The van der Waals surface area contributed by atoms with Crippen molar-refractivity contribution in [3.05, 3.63) is 29.8 Å². The van der Waals surface area contributed by atoms with Crippen LogP contribution in [0.4, 0.5) is 0 Å². The average molecular weight is 304 g/mol. The quantitative estimate of drug-likeness (QED) is 0.849. The van der Waals surface area contributed by atoms with E-state index in [9.17, 15) is 4.79 Å². The summed E-state index contributed by atoms with van der Waals surface area (Å²) in [5.41, 5.74) is 0.782. The molecule has 0 unspecified atom stereocenters. The van der Waals surface area contributed by atoms with E-state index < -0.39 is 0 Å². The number of benzene rings is 1. The molecule has 0 N–H and O–H groups in total. The highest BCUT2D eigenvalue weighted by Crippen LogP contribution is 2.22. The van der Waals surface area contributed by atoms with Gasteiger partial charge in [0.15, 0.2) is 0 Å². The Hall–Kier alpha value is -1.00. The first-order valence-corrected chi connectivity index (χ1v) is 8.51. The van der Waals surface area contributed by atoms with Crippen LogP contribution in [-0.2, 0) is 0 Å². The van der Waals surface area contributed by atoms with Gasteiger partial charge in [0.2, 0.25) is 0 Å². The lowest BCUT2D eigenvalue weighted by Crippen LogP contribution is -2.48. The van der Waals surface area contributed by atoms with Crippen LogP contribution in [0.5, 0.6) is 0 Å². The van der Waals surface area contributed by atoms with E-state index >= 15 is 0 Å². The molecule has 2 aliphatic rings. The molecule has 3 rings (SSSR count). The maximum absolute atomic E-state index is 12.5. The number of hydrogen-bond acceptors (Lipinski definition) is 3. The summed E-state index contributed by atoms with van der Waals surface area (Å²) in [5, 5.41) is 0. The lowest BCUT2D eigenvalue weighted by atomic mass is 9.99. The lowest BCUT2D eigenvalue weighted by molar-refractivity contribution is 0.0590. The Kier molecular flexibility index (Phi) is 4.86. The summed E-state index contributed by atoms with van der Waals surface area (Å²) in [6.45, 7) is 4.29. The Balaban J connectivity index is 1.55. The van der Waals surface area contributed by atoms with E-state index in [1.54, 1.807) is 0 Å². The van der Waals surface area contributed by atoms with Gasteiger partial charge in [-0.15, -0.1) is 12.6 Å². The van der Waals surface area contributed by atoms with E-state index in [2.05, 4.69) is 17.5 Å². The van der Waals surface area contributed by atoms with Crippen LogP contribution in [0.15, 0.2) is 29.2 Å². The summed E-state index contributed by atoms with van der Waals surface area (Å²) in [7, 11) is 0. The second kappa shape index (κ2) is 6.84. The zero-order chi connectivity index (χ0) is 14.7. The predicted molar refractivity (Wildman–Crippen MR) is 88.0 cm³/mol. The van der Waals surface area contributed by atoms with Crippen molar-refractivity contribution < 1.29 is 4.79 Å². The fourth-order valence-corrected chi connectivity index (χ4v) is 3.65. The van der Waals surface area contributed by atoms with E-state index in [-0.39, 0.29) is 5.91 Å². The molecule has 4 heteroatoms. The van der Waals surface area contributed by atoms with Crippen LogP contribution < -0.4 is 0 Å². The molecule has 1 aromatic rings. The molecule has 0 spiro atoms. The molecule has 2 fully saturated rings. The molecule has 21 heavy (non-hydrogen) atoms.